The number of aromatic nitrogens is 2. The van der Waals surface area contributed by atoms with E-state index in [1.165, 1.54) is 0 Å². The second kappa shape index (κ2) is 5.60. The van der Waals surface area contributed by atoms with E-state index >= 15 is 0 Å². The molecular formula is C16H19N3O2. The van der Waals surface area contributed by atoms with Crippen molar-refractivity contribution < 1.29 is 9.47 Å². The Morgan fingerprint density at radius 1 is 1.24 bits per heavy atom. The average Bonchev–Trinajstić information content (AvgIpc) is 2.45. The van der Waals surface area contributed by atoms with E-state index in [9.17, 15) is 0 Å². The van der Waals surface area contributed by atoms with Crippen molar-refractivity contribution in [1.29, 1.82) is 0 Å². The van der Waals surface area contributed by atoms with Gasteiger partial charge in [-0.15, -0.1) is 0 Å². The Morgan fingerprint density at radius 3 is 2.76 bits per heavy atom. The number of rotatable bonds is 3. The second-order valence-electron chi connectivity index (χ2n) is 5.60. The van der Waals surface area contributed by atoms with E-state index in [0.29, 0.717) is 29.9 Å². The summed E-state index contributed by atoms with van der Waals surface area (Å²) in [6.07, 6.45) is 0.540. The number of anilines is 1. The van der Waals surface area contributed by atoms with Crippen LogP contribution in [0, 0.1) is 5.92 Å². The van der Waals surface area contributed by atoms with Gasteiger partial charge in [-0.3, -0.25) is 0 Å². The Kier molecular flexibility index (Phi) is 3.64. The minimum absolute atomic E-state index is 0.325. The summed E-state index contributed by atoms with van der Waals surface area (Å²) in [4.78, 5) is 8.87. The summed E-state index contributed by atoms with van der Waals surface area (Å²) >= 11 is 0. The highest BCUT2D eigenvalue weighted by Gasteiger charge is 2.25. The summed E-state index contributed by atoms with van der Waals surface area (Å²) in [7, 11) is 0. The van der Waals surface area contributed by atoms with Crippen molar-refractivity contribution in [2.24, 2.45) is 5.92 Å². The standard InChI is InChI=1S/C16H19N3O2/c1-10(2)7-11-8-15(17)19-16(18-11)14-9-20-12-5-3-4-6-13(12)21-14/h3-6,8,10,14H,7,9H2,1-2H3,(H2,17,18,19). The minimum Gasteiger partial charge on any atom is -0.485 e. The van der Waals surface area contributed by atoms with Crippen LogP contribution in [0.1, 0.15) is 31.5 Å². The number of nitrogen functional groups attached to an aromatic ring is 1. The lowest BCUT2D eigenvalue weighted by atomic mass is 10.1. The van der Waals surface area contributed by atoms with Crippen molar-refractivity contribution in [3.63, 3.8) is 0 Å². The van der Waals surface area contributed by atoms with Crippen LogP contribution < -0.4 is 15.2 Å². The summed E-state index contributed by atoms with van der Waals surface area (Å²) in [5.74, 6) is 3.03. The molecule has 1 aromatic heterocycles. The molecule has 0 spiro atoms. The molecule has 5 heteroatoms. The summed E-state index contributed by atoms with van der Waals surface area (Å²) < 4.78 is 11.6. The van der Waals surface area contributed by atoms with Gasteiger partial charge in [0.25, 0.3) is 0 Å². The molecular weight excluding hydrogens is 266 g/mol. The fourth-order valence-electron chi connectivity index (χ4n) is 2.35. The molecule has 0 amide bonds. The first kappa shape index (κ1) is 13.7. The minimum atomic E-state index is -0.325. The van der Waals surface area contributed by atoms with Crippen LogP contribution in [-0.4, -0.2) is 16.6 Å². The first-order valence-corrected chi connectivity index (χ1v) is 7.13. The van der Waals surface area contributed by atoms with Crippen molar-refractivity contribution in [3.8, 4) is 11.5 Å². The lowest BCUT2D eigenvalue weighted by molar-refractivity contribution is 0.0850. The van der Waals surface area contributed by atoms with Crippen LogP contribution in [0.25, 0.3) is 0 Å². The molecule has 3 rings (SSSR count). The monoisotopic (exact) mass is 285 g/mol. The van der Waals surface area contributed by atoms with Gasteiger partial charge >= 0.3 is 0 Å². The zero-order valence-corrected chi connectivity index (χ0v) is 12.2. The molecule has 1 aliphatic rings. The predicted molar refractivity (Wildman–Crippen MR) is 80.3 cm³/mol. The molecule has 0 saturated carbocycles. The van der Waals surface area contributed by atoms with Crippen LogP contribution in [0.5, 0.6) is 11.5 Å². The van der Waals surface area contributed by atoms with Gasteiger partial charge in [-0.1, -0.05) is 26.0 Å². The summed E-state index contributed by atoms with van der Waals surface area (Å²) in [6, 6.07) is 9.41. The number of para-hydroxylation sites is 2. The number of nitrogens with zero attached hydrogens (tertiary/aromatic N) is 2. The van der Waals surface area contributed by atoms with E-state index in [1.54, 1.807) is 0 Å². The zero-order chi connectivity index (χ0) is 14.8. The smallest absolute Gasteiger partial charge is 0.192 e. The molecule has 1 aromatic carbocycles. The third-order valence-electron chi connectivity index (χ3n) is 3.23. The van der Waals surface area contributed by atoms with Crippen LogP contribution in [0.3, 0.4) is 0 Å². The number of ether oxygens (including phenoxy) is 2. The van der Waals surface area contributed by atoms with Crippen LogP contribution in [-0.2, 0) is 6.42 Å². The highest BCUT2D eigenvalue weighted by molar-refractivity contribution is 5.41. The maximum atomic E-state index is 5.93. The Balaban J connectivity index is 1.86. The zero-order valence-electron chi connectivity index (χ0n) is 12.2. The van der Waals surface area contributed by atoms with Crippen molar-refractivity contribution in [3.05, 3.63) is 41.9 Å². The highest BCUT2D eigenvalue weighted by atomic mass is 16.6. The molecule has 1 atom stereocenters. The number of hydrogen-bond donors (Lipinski definition) is 1. The lowest BCUT2D eigenvalue weighted by Crippen LogP contribution is -2.24. The van der Waals surface area contributed by atoms with Crippen molar-refractivity contribution >= 4 is 5.82 Å². The Morgan fingerprint density at radius 2 is 2.00 bits per heavy atom. The number of fused-ring (bicyclic) bond motifs is 1. The topological polar surface area (TPSA) is 70.3 Å². The van der Waals surface area contributed by atoms with Gasteiger partial charge in [0.05, 0.1) is 0 Å². The first-order chi connectivity index (χ1) is 10.1. The summed E-state index contributed by atoms with van der Waals surface area (Å²) in [6.45, 7) is 4.68. The van der Waals surface area contributed by atoms with Crippen LogP contribution in [0.15, 0.2) is 30.3 Å². The SMILES string of the molecule is CC(C)Cc1cc(N)nc(C2COc3ccccc3O2)n1. The van der Waals surface area contributed by atoms with E-state index in [2.05, 4.69) is 23.8 Å². The normalized spacial score (nSPS) is 17.0. The van der Waals surface area contributed by atoms with Crippen molar-refractivity contribution in [1.82, 2.24) is 9.97 Å². The molecule has 1 aliphatic heterocycles. The Hall–Kier alpha value is -2.30. The molecule has 0 aliphatic carbocycles. The van der Waals surface area contributed by atoms with Crippen molar-refractivity contribution in [2.45, 2.75) is 26.4 Å². The van der Waals surface area contributed by atoms with Gasteiger partial charge in [0, 0.05) is 11.8 Å². The fourth-order valence-corrected chi connectivity index (χ4v) is 2.35. The molecule has 2 N–H and O–H groups in total. The second-order valence-corrected chi connectivity index (χ2v) is 5.60. The quantitative estimate of drug-likeness (QED) is 0.939. The molecule has 0 saturated heterocycles. The van der Waals surface area contributed by atoms with E-state index < -0.39 is 0 Å². The molecule has 0 radical (unpaired) electrons. The molecule has 2 heterocycles. The summed E-state index contributed by atoms with van der Waals surface area (Å²) in [5.41, 5.74) is 6.83. The molecule has 0 fully saturated rings. The summed E-state index contributed by atoms with van der Waals surface area (Å²) in [5, 5.41) is 0. The largest absolute Gasteiger partial charge is 0.485 e. The molecule has 0 bridgehead atoms. The van der Waals surface area contributed by atoms with Gasteiger partial charge in [-0.05, 0) is 24.5 Å². The molecule has 110 valence electrons. The van der Waals surface area contributed by atoms with Crippen molar-refractivity contribution in [2.75, 3.05) is 12.3 Å². The first-order valence-electron chi connectivity index (χ1n) is 7.13. The lowest BCUT2D eigenvalue weighted by Gasteiger charge is -2.25. The van der Waals surface area contributed by atoms with E-state index in [1.807, 2.05) is 30.3 Å². The third kappa shape index (κ3) is 3.07. The van der Waals surface area contributed by atoms with Crippen LogP contribution in [0.4, 0.5) is 5.82 Å². The van der Waals surface area contributed by atoms with E-state index in [-0.39, 0.29) is 6.10 Å². The van der Waals surface area contributed by atoms with Crippen LogP contribution in [0.2, 0.25) is 0 Å². The highest BCUT2D eigenvalue weighted by Crippen LogP contribution is 2.35. The maximum absolute atomic E-state index is 5.93. The Bertz CT molecular complexity index is 643. The maximum Gasteiger partial charge on any atom is 0.192 e. The molecule has 21 heavy (non-hydrogen) atoms. The fraction of sp³-hybridized carbons (Fsp3) is 0.375. The van der Waals surface area contributed by atoms with E-state index in [0.717, 1.165) is 17.9 Å². The number of benzene rings is 1. The van der Waals surface area contributed by atoms with Gasteiger partial charge in [0.15, 0.2) is 23.4 Å². The third-order valence-corrected chi connectivity index (χ3v) is 3.23. The molecule has 2 aromatic rings. The van der Waals surface area contributed by atoms with Gasteiger partial charge in [-0.2, -0.15) is 0 Å². The number of hydrogen-bond acceptors (Lipinski definition) is 5. The Labute approximate surface area is 124 Å². The van der Waals surface area contributed by atoms with Crippen LogP contribution >= 0.6 is 0 Å². The number of nitrogens with two attached hydrogens (primary N) is 1. The molecule has 5 nitrogen and oxygen atoms in total. The van der Waals surface area contributed by atoms with E-state index in [4.69, 9.17) is 15.2 Å². The van der Waals surface area contributed by atoms with Gasteiger partial charge in [0.2, 0.25) is 0 Å². The predicted octanol–water partition coefficient (Wildman–Crippen LogP) is 2.77. The average molecular weight is 285 g/mol. The molecule has 1 unspecified atom stereocenters. The van der Waals surface area contributed by atoms with Gasteiger partial charge < -0.3 is 15.2 Å². The van der Waals surface area contributed by atoms with Gasteiger partial charge in [-0.25, -0.2) is 9.97 Å². The van der Waals surface area contributed by atoms with Gasteiger partial charge in [0.1, 0.15) is 12.4 Å².